The van der Waals surface area contributed by atoms with E-state index in [4.69, 9.17) is 18.9 Å². The number of rotatable bonds is 12. The van der Waals surface area contributed by atoms with Gasteiger partial charge in [0, 0.05) is 20.1 Å². The SMILES string of the molecule is CCN(CC)CCn1cnc2c1c(=O)n(CCOC(=O)c1cc(OC)c(OC)c(OC)c1)c(=O)n2C.Cl. The summed E-state index contributed by atoms with van der Waals surface area (Å²) in [4.78, 5) is 45.3. The van der Waals surface area contributed by atoms with E-state index >= 15 is 0 Å². The van der Waals surface area contributed by atoms with Crippen LogP contribution in [-0.2, 0) is 24.9 Å². The van der Waals surface area contributed by atoms with Crippen molar-refractivity contribution in [1.29, 1.82) is 0 Å². The van der Waals surface area contributed by atoms with Crippen LogP contribution in [0.1, 0.15) is 24.2 Å². The fraction of sp³-hybridized carbons (Fsp3) is 0.500. The summed E-state index contributed by atoms with van der Waals surface area (Å²) in [6, 6.07) is 2.94. The van der Waals surface area contributed by atoms with Gasteiger partial charge in [0.1, 0.15) is 6.61 Å². The quantitative estimate of drug-likeness (QED) is 0.316. The highest BCUT2D eigenvalue weighted by Gasteiger charge is 2.19. The van der Waals surface area contributed by atoms with Crippen molar-refractivity contribution in [2.75, 3.05) is 47.6 Å². The molecule has 13 heteroatoms. The Morgan fingerprint density at radius 2 is 1.62 bits per heavy atom. The molecule has 0 atom stereocenters. The van der Waals surface area contributed by atoms with Gasteiger partial charge < -0.3 is 28.4 Å². The van der Waals surface area contributed by atoms with Crippen molar-refractivity contribution in [3.05, 3.63) is 44.9 Å². The summed E-state index contributed by atoms with van der Waals surface area (Å²) in [5.41, 5.74) is -0.190. The molecule has 2 heterocycles. The number of carbonyl (C=O) groups excluding carboxylic acids is 1. The minimum atomic E-state index is -0.663. The molecule has 0 saturated heterocycles. The Labute approximate surface area is 220 Å². The highest BCUT2D eigenvalue weighted by Crippen LogP contribution is 2.38. The molecule has 0 amide bonds. The Bertz CT molecular complexity index is 1320. The molecule has 3 rings (SSSR count). The van der Waals surface area contributed by atoms with Crippen LogP contribution >= 0.6 is 12.4 Å². The van der Waals surface area contributed by atoms with Crippen LogP contribution in [0.4, 0.5) is 0 Å². The molecular formula is C24H34ClN5O7. The topological polar surface area (TPSA) is 119 Å². The molecule has 0 fully saturated rings. The van der Waals surface area contributed by atoms with Crippen molar-refractivity contribution in [3.63, 3.8) is 0 Å². The van der Waals surface area contributed by atoms with Gasteiger partial charge in [-0.25, -0.2) is 14.6 Å². The Morgan fingerprint density at radius 3 is 2.16 bits per heavy atom. The third-order valence-electron chi connectivity index (χ3n) is 6.10. The van der Waals surface area contributed by atoms with Crippen molar-refractivity contribution < 1.29 is 23.7 Å². The fourth-order valence-corrected chi connectivity index (χ4v) is 3.99. The Morgan fingerprint density at radius 1 is 1.00 bits per heavy atom. The summed E-state index contributed by atoms with van der Waals surface area (Å²) in [7, 11) is 5.90. The van der Waals surface area contributed by atoms with Crippen molar-refractivity contribution in [2.24, 2.45) is 7.05 Å². The number of halogens is 1. The molecular weight excluding hydrogens is 506 g/mol. The average Bonchev–Trinajstić information content (AvgIpc) is 3.33. The molecule has 2 aromatic heterocycles. The number of aromatic nitrogens is 4. The summed E-state index contributed by atoms with van der Waals surface area (Å²) < 4.78 is 25.3. The lowest BCUT2D eigenvalue weighted by atomic mass is 10.2. The van der Waals surface area contributed by atoms with Crippen molar-refractivity contribution in [3.8, 4) is 17.2 Å². The number of carbonyl (C=O) groups is 1. The number of esters is 1. The van der Waals surface area contributed by atoms with Gasteiger partial charge in [-0.05, 0) is 25.2 Å². The number of methoxy groups -OCH3 is 3. The van der Waals surface area contributed by atoms with Gasteiger partial charge in [0.05, 0.1) is 39.8 Å². The standard InChI is InChI=1S/C24H33N5O7.ClH/c1-7-27(8-2)9-10-28-15-25-21-19(28)22(30)29(24(32)26(21)3)11-12-36-23(31)16-13-17(33-4)20(35-6)18(14-16)34-5;/h13-15H,7-12H2,1-6H3;1H. The first-order chi connectivity index (χ1) is 17.3. The molecule has 37 heavy (non-hydrogen) atoms. The van der Waals surface area contributed by atoms with Gasteiger partial charge in [-0.15, -0.1) is 12.4 Å². The molecule has 1 aromatic carbocycles. The lowest BCUT2D eigenvalue weighted by molar-refractivity contribution is 0.0487. The third-order valence-corrected chi connectivity index (χ3v) is 6.10. The molecule has 0 saturated carbocycles. The van der Waals surface area contributed by atoms with E-state index in [0.717, 1.165) is 24.2 Å². The number of imidazole rings is 1. The largest absolute Gasteiger partial charge is 0.493 e. The predicted octanol–water partition coefficient (Wildman–Crippen LogP) is 1.54. The smallest absolute Gasteiger partial charge is 0.338 e. The minimum Gasteiger partial charge on any atom is -0.493 e. The molecule has 3 aromatic rings. The number of aryl methyl sites for hydroxylation is 1. The number of fused-ring (bicyclic) bond motifs is 1. The van der Waals surface area contributed by atoms with Crippen molar-refractivity contribution in [2.45, 2.75) is 26.9 Å². The van der Waals surface area contributed by atoms with E-state index in [1.54, 1.807) is 17.9 Å². The van der Waals surface area contributed by atoms with E-state index in [2.05, 4.69) is 23.7 Å². The Kier molecular flexibility index (Phi) is 10.6. The first kappa shape index (κ1) is 29.7. The number of hydrogen-bond donors (Lipinski definition) is 0. The minimum absolute atomic E-state index is 0. The van der Waals surface area contributed by atoms with Crippen LogP contribution in [0, 0.1) is 0 Å². The zero-order valence-corrected chi connectivity index (χ0v) is 22.8. The molecule has 0 aliphatic heterocycles. The number of likely N-dealkylation sites (N-methyl/N-ethyl adjacent to an activating group) is 1. The van der Waals surface area contributed by atoms with E-state index in [-0.39, 0.29) is 31.1 Å². The van der Waals surface area contributed by atoms with Gasteiger partial charge in [-0.3, -0.25) is 13.9 Å². The predicted molar refractivity (Wildman–Crippen MR) is 141 cm³/mol. The average molecular weight is 540 g/mol. The van der Waals surface area contributed by atoms with E-state index in [0.29, 0.717) is 35.0 Å². The molecule has 0 bridgehead atoms. The van der Waals surface area contributed by atoms with Crippen molar-refractivity contribution >= 4 is 29.5 Å². The molecule has 0 N–H and O–H groups in total. The van der Waals surface area contributed by atoms with Gasteiger partial charge in [-0.2, -0.15) is 0 Å². The van der Waals surface area contributed by atoms with Gasteiger partial charge in [-0.1, -0.05) is 13.8 Å². The van der Waals surface area contributed by atoms with E-state index in [1.807, 2.05) is 0 Å². The maximum absolute atomic E-state index is 13.2. The second-order valence-corrected chi connectivity index (χ2v) is 7.99. The zero-order chi connectivity index (χ0) is 26.4. The molecule has 12 nitrogen and oxygen atoms in total. The van der Waals surface area contributed by atoms with Crippen LogP contribution in [0.2, 0.25) is 0 Å². The first-order valence-electron chi connectivity index (χ1n) is 11.6. The van der Waals surface area contributed by atoms with Crippen LogP contribution < -0.4 is 25.5 Å². The van der Waals surface area contributed by atoms with Crippen LogP contribution in [0.15, 0.2) is 28.0 Å². The molecule has 0 aliphatic rings. The molecule has 0 radical (unpaired) electrons. The monoisotopic (exact) mass is 539 g/mol. The van der Waals surface area contributed by atoms with E-state index in [9.17, 15) is 14.4 Å². The maximum atomic E-state index is 13.2. The molecule has 0 spiro atoms. The molecule has 0 unspecified atom stereocenters. The van der Waals surface area contributed by atoms with Crippen LogP contribution in [0.5, 0.6) is 17.2 Å². The number of nitrogens with zero attached hydrogens (tertiary/aromatic N) is 5. The normalized spacial score (nSPS) is 10.9. The van der Waals surface area contributed by atoms with Gasteiger partial charge in [0.2, 0.25) is 5.75 Å². The van der Waals surface area contributed by atoms with E-state index in [1.165, 1.54) is 38.0 Å². The Hall–Kier alpha value is -3.51. The number of ether oxygens (including phenoxy) is 4. The van der Waals surface area contributed by atoms with E-state index < -0.39 is 17.2 Å². The number of benzene rings is 1. The third kappa shape index (κ3) is 6.08. The lowest BCUT2D eigenvalue weighted by Crippen LogP contribution is -2.41. The second kappa shape index (κ2) is 13.2. The highest BCUT2D eigenvalue weighted by atomic mass is 35.5. The highest BCUT2D eigenvalue weighted by molar-refractivity contribution is 5.91. The molecule has 0 aliphatic carbocycles. The summed E-state index contributed by atoms with van der Waals surface area (Å²) in [5.74, 6) is 0.289. The number of hydrogen-bond acceptors (Lipinski definition) is 9. The lowest BCUT2D eigenvalue weighted by Gasteiger charge is -2.18. The second-order valence-electron chi connectivity index (χ2n) is 7.99. The summed E-state index contributed by atoms with van der Waals surface area (Å²) >= 11 is 0. The van der Waals surface area contributed by atoms with Crippen LogP contribution in [-0.4, -0.2) is 77.1 Å². The van der Waals surface area contributed by atoms with Crippen molar-refractivity contribution in [1.82, 2.24) is 23.6 Å². The first-order valence-corrected chi connectivity index (χ1v) is 11.6. The summed E-state index contributed by atoms with van der Waals surface area (Å²) in [6.07, 6.45) is 1.57. The van der Waals surface area contributed by atoms with Crippen LogP contribution in [0.25, 0.3) is 11.2 Å². The fourth-order valence-electron chi connectivity index (χ4n) is 3.99. The van der Waals surface area contributed by atoms with Gasteiger partial charge >= 0.3 is 11.7 Å². The van der Waals surface area contributed by atoms with Crippen LogP contribution in [0.3, 0.4) is 0 Å². The maximum Gasteiger partial charge on any atom is 0.338 e. The summed E-state index contributed by atoms with van der Waals surface area (Å²) in [6.45, 7) is 6.93. The summed E-state index contributed by atoms with van der Waals surface area (Å²) in [5, 5.41) is 0. The van der Waals surface area contributed by atoms with Gasteiger partial charge in [0.15, 0.2) is 22.7 Å². The molecule has 204 valence electrons. The van der Waals surface area contributed by atoms with Gasteiger partial charge in [0.25, 0.3) is 5.56 Å². The zero-order valence-electron chi connectivity index (χ0n) is 22.0. The Balaban J connectivity index is 0.00000481.